The Morgan fingerprint density at radius 3 is 2.18 bits per heavy atom. The summed E-state index contributed by atoms with van der Waals surface area (Å²) in [4.78, 5) is 4.44. The van der Waals surface area contributed by atoms with E-state index >= 15 is 0 Å². The summed E-state index contributed by atoms with van der Waals surface area (Å²) in [5, 5.41) is 0. The standard InChI is InChI=1S/C20H22N2O5S/c1-5-27-19-17(25-3)12-15(13-18(19)26-4)20-21-10-11-22(20)28(23,24)16-8-6-14(2)7-9-16/h6-13H,5H2,1-4H3. The van der Waals surface area contributed by atoms with Gasteiger partial charge in [-0.05, 0) is 38.1 Å². The van der Waals surface area contributed by atoms with Crippen LogP contribution in [0.2, 0.25) is 0 Å². The molecule has 0 aliphatic heterocycles. The van der Waals surface area contributed by atoms with Crippen molar-refractivity contribution in [3.8, 4) is 28.6 Å². The summed E-state index contributed by atoms with van der Waals surface area (Å²) in [5.74, 6) is 1.56. The Bertz CT molecular complexity index is 1050. The van der Waals surface area contributed by atoms with Gasteiger partial charge in [0.1, 0.15) is 0 Å². The minimum Gasteiger partial charge on any atom is -0.493 e. The first-order valence-electron chi connectivity index (χ1n) is 8.67. The van der Waals surface area contributed by atoms with Gasteiger partial charge in [-0.25, -0.2) is 17.4 Å². The Morgan fingerprint density at radius 1 is 1.04 bits per heavy atom. The maximum atomic E-state index is 13.1. The summed E-state index contributed by atoms with van der Waals surface area (Å²) in [5.41, 5.74) is 1.50. The van der Waals surface area contributed by atoms with Crippen LogP contribution in [0.3, 0.4) is 0 Å². The lowest BCUT2D eigenvalue weighted by Gasteiger charge is -2.16. The maximum Gasteiger partial charge on any atom is 0.269 e. The first kappa shape index (κ1) is 19.8. The molecular weight excluding hydrogens is 380 g/mol. The molecule has 7 nitrogen and oxygen atoms in total. The van der Waals surface area contributed by atoms with Gasteiger partial charge in [0.2, 0.25) is 5.75 Å². The fourth-order valence-electron chi connectivity index (χ4n) is 2.81. The molecule has 0 bridgehead atoms. The third kappa shape index (κ3) is 3.55. The first-order valence-corrected chi connectivity index (χ1v) is 10.1. The van der Waals surface area contributed by atoms with Gasteiger partial charge in [0, 0.05) is 18.0 Å². The minimum absolute atomic E-state index is 0.183. The van der Waals surface area contributed by atoms with Gasteiger partial charge in [0.25, 0.3) is 10.0 Å². The van der Waals surface area contributed by atoms with Crippen LogP contribution in [-0.2, 0) is 10.0 Å². The van der Waals surface area contributed by atoms with Gasteiger partial charge in [0.05, 0.1) is 25.7 Å². The molecule has 0 fully saturated rings. The zero-order valence-corrected chi connectivity index (χ0v) is 17.0. The monoisotopic (exact) mass is 402 g/mol. The summed E-state index contributed by atoms with van der Waals surface area (Å²) in [6.45, 7) is 4.19. The fourth-order valence-corrected chi connectivity index (χ4v) is 4.11. The zero-order valence-electron chi connectivity index (χ0n) is 16.2. The summed E-state index contributed by atoms with van der Waals surface area (Å²) in [6, 6.07) is 10.0. The van der Waals surface area contributed by atoms with Gasteiger partial charge >= 0.3 is 0 Å². The molecule has 0 saturated heterocycles. The number of imidazole rings is 1. The summed E-state index contributed by atoms with van der Waals surface area (Å²) >= 11 is 0. The van der Waals surface area contributed by atoms with Gasteiger partial charge in [-0.15, -0.1) is 0 Å². The van der Waals surface area contributed by atoms with E-state index in [2.05, 4.69) is 4.98 Å². The Hall–Kier alpha value is -3.00. The highest BCUT2D eigenvalue weighted by molar-refractivity contribution is 7.90. The van der Waals surface area contributed by atoms with Gasteiger partial charge < -0.3 is 14.2 Å². The Morgan fingerprint density at radius 2 is 1.64 bits per heavy atom. The van der Waals surface area contributed by atoms with E-state index in [4.69, 9.17) is 14.2 Å². The van der Waals surface area contributed by atoms with Crippen LogP contribution in [0.15, 0.2) is 53.7 Å². The second-order valence-corrected chi connectivity index (χ2v) is 7.82. The Balaban J connectivity index is 2.15. The predicted octanol–water partition coefficient (Wildman–Crippen LogP) is 3.51. The molecule has 0 aliphatic carbocycles. The van der Waals surface area contributed by atoms with Crippen molar-refractivity contribution in [1.82, 2.24) is 8.96 Å². The summed E-state index contributed by atoms with van der Waals surface area (Å²) in [6.07, 6.45) is 2.86. The third-order valence-electron chi connectivity index (χ3n) is 4.19. The van der Waals surface area contributed by atoms with Crippen LogP contribution >= 0.6 is 0 Å². The number of aromatic nitrogens is 2. The number of methoxy groups -OCH3 is 2. The number of hydrogen-bond donors (Lipinski definition) is 0. The molecule has 28 heavy (non-hydrogen) atoms. The molecule has 3 rings (SSSR count). The van der Waals surface area contributed by atoms with E-state index in [0.29, 0.717) is 29.4 Å². The summed E-state index contributed by atoms with van der Waals surface area (Å²) in [7, 11) is -0.788. The minimum atomic E-state index is -3.81. The van der Waals surface area contributed by atoms with E-state index < -0.39 is 10.0 Å². The van der Waals surface area contributed by atoms with E-state index in [9.17, 15) is 8.42 Å². The molecule has 0 N–H and O–H groups in total. The smallest absolute Gasteiger partial charge is 0.269 e. The molecule has 1 aromatic heterocycles. The number of rotatable bonds is 7. The maximum absolute atomic E-state index is 13.1. The second kappa shape index (κ2) is 7.93. The molecule has 0 unspecified atom stereocenters. The number of nitrogens with zero attached hydrogens (tertiary/aromatic N) is 2. The number of hydrogen-bond acceptors (Lipinski definition) is 6. The quantitative estimate of drug-likeness (QED) is 0.602. The lowest BCUT2D eigenvalue weighted by molar-refractivity contribution is 0.288. The normalized spacial score (nSPS) is 11.3. The molecule has 8 heteroatoms. The SMILES string of the molecule is CCOc1c(OC)cc(-c2nccn2S(=O)(=O)c2ccc(C)cc2)cc1OC. The highest BCUT2D eigenvalue weighted by Crippen LogP contribution is 2.41. The van der Waals surface area contributed by atoms with Crippen molar-refractivity contribution in [2.45, 2.75) is 18.7 Å². The van der Waals surface area contributed by atoms with Crippen molar-refractivity contribution in [1.29, 1.82) is 0 Å². The van der Waals surface area contributed by atoms with Crippen molar-refractivity contribution in [3.05, 3.63) is 54.4 Å². The Labute approximate surface area is 164 Å². The van der Waals surface area contributed by atoms with Gasteiger partial charge in [-0.2, -0.15) is 0 Å². The van der Waals surface area contributed by atoms with E-state index in [0.717, 1.165) is 9.54 Å². The van der Waals surface area contributed by atoms with Crippen molar-refractivity contribution >= 4 is 10.0 Å². The number of aryl methyl sites for hydroxylation is 1. The van der Waals surface area contributed by atoms with Crippen molar-refractivity contribution in [3.63, 3.8) is 0 Å². The summed E-state index contributed by atoms with van der Waals surface area (Å²) < 4.78 is 43.8. The van der Waals surface area contributed by atoms with Crippen LogP contribution in [0.1, 0.15) is 12.5 Å². The molecule has 0 radical (unpaired) electrons. The lowest BCUT2D eigenvalue weighted by Crippen LogP contribution is -2.13. The third-order valence-corrected chi connectivity index (χ3v) is 5.87. The number of benzene rings is 2. The zero-order chi connectivity index (χ0) is 20.3. The highest BCUT2D eigenvalue weighted by atomic mass is 32.2. The van der Waals surface area contributed by atoms with Crippen LogP contribution in [-0.4, -0.2) is 38.2 Å². The van der Waals surface area contributed by atoms with E-state index in [1.807, 2.05) is 13.8 Å². The van der Waals surface area contributed by atoms with Crippen LogP contribution < -0.4 is 14.2 Å². The average molecular weight is 402 g/mol. The molecule has 3 aromatic rings. The van der Waals surface area contributed by atoms with Crippen LogP contribution in [0.25, 0.3) is 11.4 Å². The highest BCUT2D eigenvalue weighted by Gasteiger charge is 2.23. The number of ether oxygens (including phenoxy) is 3. The van der Waals surface area contributed by atoms with Crippen molar-refractivity contribution in [2.24, 2.45) is 0 Å². The molecule has 0 atom stereocenters. The first-order chi connectivity index (χ1) is 13.4. The molecular formula is C20H22N2O5S. The largest absolute Gasteiger partial charge is 0.493 e. The van der Waals surface area contributed by atoms with Crippen LogP contribution in [0.4, 0.5) is 0 Å². The van der Waals surface area contributed by atoms with Gasteiger partial charge in [-0.1, -0.05) is 17.7 Å². The van der Waals surface area contributed by atoms with Crippen molar-refractivity contribution < 1.29 is 22.6 Å². The topological polar surface area (TPSA) is 79.7 Å². The average Bonchev–Trinajstić information content (AvgIpc) is 3.19. The van der Waals surface area contributed by atoms with E-state index in [-0.39, 0.29) is 10.7 Å². The molecule has 0 saturated carbocycles. The van der Waals surface area contributed by atoms with Gasteiger partial charge in [-0.3, -0.25) is 0 Å². The predicted molar refractivity (Wildman–Crippen MR) is 106 cm³/mol. The molecule has 1 heterocycles. The molecule has 148 valence electrons. The van der Waals surface area contributed by atoms with Gasteiger partial charge in [0.15, 0.2) is 17.3 Å². The second-order valence-electron chi connectivity index (χ2n) is 6.01. The van der Waals surface area contributed by atoms with Crippen LogP contribution in [0.5, 0.6) is 17.2 Å². The molecule has 0 spiro atoms. The lowest BCUT2D eigenvalue weighted by atomic mass is 10.1. The van der Waals surface area contributed by atoms with E-state index in [1.54, 1.807) is 36.4 Å². The molecule has 2 aromatic carbocycles. The van der Waals surface area contributed by atoms with E-state index in [1.165, 1.54) is 26.6 Å². The molecule has 0 amide bonds. The van der Waals surface area contributed by atoms with Crippen LogP contribution in [0, 0.1) is 6.92 Å². The Kier molecular flexibility index (Phi) is 5.60. The molecule has 0 aliphatic rings. The van der Waals surface area contributed by atoms with Crippen molar-refractivity contribution in [2.75, 3.05) is 20.8 Å². The fraction of sp³-hybridized carbons (Fsp3) is 0.250.